The summed E-state index contributed by atoms with van der Waals surface area (Å²) >= 11 is 0. The van der Waals surface area contributed by atoms with Crippen LogP contribution in [0.3, 0.4) is 0 Å². The molecule has 2 aromatic rings. The second-order valence-electron chi connectivity index (χ2n) is 21.2. The van der Waals surface area contributed by atoms with Gasteiger partial charge < -0.3 is 62.2 Å². The summed E-state index contributed by atoms with van der Waals surface area (Å²) in [7, 11) is 7.01. The lowest BCUT2D eigenvalue weighted by Crippen LogP contribution is -2.62. The molecule has 18 atom stereocenters. The molecule has 4 aliphatic rings. The van der Waals surface area contributed by atoms with E-state index in [4.69, 9.17) is 52.1 Å². The molecule has 17 heteroatoms. The van der Waals surface area contributed by atoms with E-state index in [1.807, 2.05) is 86.5 Å². The molecule has 1 N–H and O–H groups in total. The van der Waals surface area contributed by atoms with Crippen LogP contribution in [-0.4, -0.2) is 153 Å². The highest BCUT2D eigenvalue weighted by atomic mass is 16.7. The Morgan fingerprint density at radius 2 is 1.34 bits per heavy atom. The van der Waals surface area contributed by atoms with E-state index >= 15 is 0 Å². The molecule has 2 unspecified atom stereocenters. The third-order valence-corrected chi connectivity index (χ3v) is 15.2. The van der Waals surface area contributed by atoms with Crippen LogP contribution in [-0.2, 0) is 56.9 Å². The number of nitrogens with zero attached hydrogens (tertiary/aromatic N) is 2. The number of carbonyl (C=O) groups is 3. The highest BCUT2D eigenvalue weighted by Gasteiger charge is 2.56. The van der Waals surface area contributed by atoms with Crippen molar-refractivity contribution in [1.29, 1.82) is 0 Å². The normalized spacial score (nSPS) is 39.8. The fourth-order valence-corrected chi connectivity index (χ4v) is 11.2. The molecule has 6 rings (SSSR count). The number of oxime groups is 1. The second-order valence-corrected chi connectivity index (χ2v) is 21.2. The molecule has 2 bridgehead atoms. The molecule has 0 spiro atoms. The van der Waals surface area contributed by atoms with Crippen LogP contribution in [0.5, 0.6) is 0 Å². The number of esters is 3. The van der Waals surface area contributed by atoms with E-state index in [1.165, 1.54) is 0 Å². The predicted molar refractivity (Wildman–Crippen MR) is 262 cm³/mol. The molecule has 4 aliphatic heterocycles. The first-order valence-corrected chi connectivity index (χ1v) is 25.2. The largest absolute Gasteiger partial charge is 0.456 e. The molecule has 0 amide bonds. The number of likely N-dealkylation sites (N-methyl/N-ethyl adjacent to an activating group) is 1. The summed E-state index contributed by atoms with van der Waals surface area (Å²) in [4.78, 5) is 44.3. The van der Waals surface area contributed by atoms with Gasteiger partial charge in [0.25, 0.3) is 0 Å². The van der Waals surface area contributed by atoms with E-state index in [0.29, 0.717) is 24.0 Å². The number of rotatable bonds is 12. The summed E-state index contributed by atoms with van der Waals surface area (Å²) in [6.07, 6.45) is -8.00. The minimum absolute atomic E-state index is 0.0888. The molecular weight excluding hydrogens is 917 g/mol. The Hall–Kier alpha value is -4.04. The van der Waals surface area contributed by atoms with Gasteiger partial charge in [-0.3, -0.25) is 4.79 Å². The van der Waals surface area contributed by atoms with Gasteiger partial charge in [-0.15, -0.1) is 0 Å². The van der Waals surface area contributed by atoms with Crippen molar-refractivity contribution in [3.63, 3.8) is 0 Å². The molecule has 0 radical (unpaired) electrons. The average molecular weight is 997 g/mol. The van der Waals surface area contributed by atoms with Crippen molar-refractivity contribution in [2.24, 2.45) is 28.8 Å². The number of hydrogen-bond acceptors (Lipinski definition) is 17. The van der Waals surface area contributed by atoms with Crippen LogP contribution in [0.2, 0.25) is 0 Å². The van der Waals surface area contributed by atoms with Gasteiger partial charge in [-0.05, 0) is 112 Å². The summed E-state index contributed by atoms with van der Waals surface area (Å²) in [6, 6.07) is 17.1. The fraction of sp³-hybridized carbons (Fsp3) is 0.704. The number of benzene rings is 2. The summed E-state index contributed by atoms with van der Waals surface area (Å²) in [5.41, 5.74) is -1.39. The Balaban J connectivity index is 1.46. The summed E-state index contributed by atoms with van der Waals surface area (Å²) in [6.45, 7) is 20.7. The lowest BCUT2D eigenvalue weighted by atomic mass is 9.74. The number of ether oxygens (including phenoxy) is 11. The Bertz CT molecular complexity index is 2110. The van der Waals surface area contributed by atoms with Gasteiger partial charge in [0.15, 0.2) is 30.6 Å². The molecule has 0 saturated carbocycles. The quantitative estimate of drug-likeness (QED) is 0.0937. The Morgan fingerprint density at radius 1 is 0.761 bits per heavy atom. The minimum Gasteiger partial charge on any atom is -0.456 e. The van der Waals surface area contributed by atoms with Crippen molar-refractivity contribution in [1.82, 2.24) is 4.90 Å². The van der Waals surface area contributed by atoms with Gasteiger partial charge in [-0.1, -0.05) is 69.2 Å². The lowest BCUT2D eigenvalue weighted by Gasteiger charge is -2.52. The Kier molecular flexibility index (Phi) is 18.6. The van der Waals surface area contributed by atoms with Crippen molar-refractivity contribution in [2.75, 3.05) is 28.3 Å². The zero-order valence-electron chi connectivity index (χ0n) is 44.4. The van der Waals surface area contributed by atoms with Crippen LogP contribution in [0, 0.1) is 23.7 Å². The number of cyclic esters (lactones) is 1. The SMILES string of the molecule is CC[C@H]1OC(=O)[C@H](C)[C@@H](OC2C[C@@](C)(OC)[C@@H](OC(=O)c3ccccc3)[C@H](C)O2)[C@H](C)[C@@H](OC2O[C@H](C)C[C@H](N(C)C)[C@H]2OC(=O)c2ccccc2)[C@@](C)(OC)C[C@@H](C)[C@@H]2OC(C)(C)O[C@@H](/C1=N/O)[C@H]2C. The second kappa shape index (κ2) is 23.4. The zero-order chi connectivity index (χ0) is 52.2. The molecule has 71 heavy (non-hydrogen) atoms. The Morgan fingerprint density at radius 3 is 1.89 bits per heavy atom. The fourth-order valence-electron chi connectivity index (χ4n) is 11.2. The van der Waals surface area contributed by atoms with E-state index in [2.05, 4.69) is 12.1 Å². The van der Waals surface area contributed by atoms with E-state index in [-0.39, 0.29) is 42.5 Å². The maximum Gasteiger partial charge on any atom is 0.338 e. The van der Waals surface area contributed by atoms with Crippen molar-refractivity contribution < 1.29 is 71.7 Å². The summed E-state index contributed by atoms with van der Waals surface area (Å²) in [5.74, 6) is -5.25. The van der Waals surface area contributed by atoms with Crippen LogP contribution in [0.15, 0.2) is 65.8 Å². The molecule has 4 heterocycles. The molecule has 0 aromatic heterocycles. The van der Waals surface area contributed by atoms with Gasteiger partial charge in [0.05, 0.1) is 59.2 Å². The first-order valence-electron chi connectivity index (χ1n) is 25.2. The molecule has 4 fully saturated rings. The molecule has 396 valence electrons. The monoisotopic (exact) mass is 997 g/mol. The van der Waals surface area contributed by atoms with Crippen molar-refractivity contribution >= 4 is 23.6 Å². The molecule has 17 nitrogen and oxygen atoms in total. The third-order valence-electron chi connectivity index (χ3n) is 15.2. The van der Waals surface area contributed by atoms with Crippen LogP contribution in [0.1, 0.15) is 123 Å². The van der Waals surface area contributed by atoms with E-state index < -0.39 is 108 Å². The minimum atomic E-state index is -1.20. The van der Waals surface area contributed by atoms with Crippen molar-refractivity contribution in [3.05, 3.63) is 71.8 Å². The van der Waals surface area contributed by atoms with Crippen molar-refractivity contribution in [2.45, 2.75) is 192 Å². The van der Waals surface area contributed by atoms with Gasteiger partial charge in [-0.2, -0.15) is 0 Å². The van der Waals surface area contributed by atoms with Crippen LogP contribution in [0.25, 0.3) is 0 Å². The maximum absolute atomic E-state index is 14.9. The van der Waals surface area contributed by atoms with Crippen LogP contribution in [0.4, 0.5) is 0 Å². The van der Waals surface area contributed by atoms with Crippen molar-refractivity contribution in [3.8, 4) is 0 Å². The lowest BCUT2D eigenvalue weighted by molar-refractivity contribution is -0.326. The molecule has 0 aliphatic carbocycles. The van der Waals surface area contributed by atoms with Gasteiger partial charge in [-0.25, -0.2) is 9.59 Å². The number of carbonyl (C=O) groups excluding carboxylic acids is 3. The Labute approximate surface area is 420 Å². The summed E-state index contributed by atoms with van der Waals surface area (Å²) < 4.78 is 72.7. The third kappa shape index (κ3) is 12.7. The van der Waals surface area contributed by atoms with E-state index in [9.17, 15) is 19.6 Å². The smallest absolute Gasteiger partial charge is 0.338 e. The topological polar surface area (TPSA) is 189 Å². The first kappa shape index (κ1) is 56.3. The average Bonchev–Trinajstić information content (AvgIpc) is 3.34. The van der Waals surface area contributed by atoms with Crippen LogP contribution >= 0.6 is 0 Å². The first-order chi connectivity index (χ1) is 33.5. The number of hydrogen-bond donors (Lipinski definition) is 1. The van der Waals surface area contributed by atoms with Gasteiger partial charge in [0, 0.05) is 32.5 Å². The predicted octanol–water partition coefficient (Wildman–Crippen LogP) is 7.84. The molecule has 4 saturated heterocycles. The van der Waals surface area contributed by atoms with Crippen LogP contribution < -0.4 is 0 Å². The number of methoxy groups -OCH3 is 2. The van der Waals surface area contributed by atoms with Gasteiger partial charge >= 0.3 is 17.9 Å². The standard InChI is InChI=1S/C54H80N2O15/c1-16-39-41(55-60)44-32(4)42(70-52(8,9)71-44)30(2)28-53(10,61-14)46(69-51-45(38(56(12)13)27-31(3)63-51)67-49(58)36-23-19-17-20-24-36)33(5)43(34(6)48(57)65-39)66-40-29-54(11,62-15)47(35(7)64-40)68-50(59)37-25-21-18-22-26-37/h17-26,30-35,38-40,42-47,51,60H,16,27-29H2,1-15H3/b55-41+/t30-,31-,32+,33+,34-,35+,38+,39-,40?,42+,43+,44-,45-,46-,47+,51?,53+,54-/m1/s1. The van der Waals surface area contributed by atoms with Gasteiger partial charge in [0.1, 0.15) is 23.5 Å². The highest BCUT2D eigenvalue weighted by molar-refractivity contribution is 5.94. The highest BCUT2D eigenvalue weighted by Crippen LogP contribution is 2.45. The molecule has 2 aromatic carbocycles. The number of fused-ring (bicyclic) bond motifs is 2. The molecular formula is C54H80N2O15. The van der Waals surface area contributed by atoms with Gasteiger partial charge in [0.2, 0.25) is 0 Å². The van der Waals surface area contributed by atoms with E-state index in [0.717, 1.165) is 0 Å². The van der Waals surface area contributed by atoms with E-state index in [1.54, 1.807) is 76.6 Å². The maximum atomic E-state index is 14.9. The summed E-state index contributed by atoms with van der Waals surface area (Å²) in [5, 5.41) is 14.4. The zero-order valence-corrected chi connectivity index (χ0v) is 44.4.